The first kappa shape index (κ1) is 17.2. The largest absolute Gasteiger partial charge is 0.489 e. The summed E-state index contributed by atoms with van der Waals surface area (Å²) in [6.45, 7) is 2.32. The summed E-state index contributed by atoms with van der Waals surface area (Å²) in [6, 6.07) is 15.8. The normalized spacial score (nSPS) is 10.9. The number of hydrogen-bond donors (Lipinski definition) is 0. The number of ether oxygens (including phenoxy) is 1. The quantitative estimate of drug-likeness (QED) is 0.532. The van der Waals surface area contributed by atoms with Crippen molar-refractivity contribution in [2.75, 3.05) is 0 Å². The highest BCUT2D eigenvalue weighted by Crippen LogP contribution is 2.27. The van der Waals surface area contributed by atoms with Crippen LogP contribution in [0.5, 0.6) is 5.75 Å². The Kier molecular flexibility index (Phi) is 4.60. The van der Waals surface area contributed by atoms with Gasteiger partial charge in [0.05, 0.1) is 5.69 Å². The third-order valence-corrected chi connectivity index (χ3v) is 5.09. The van der Waals surface area contributed by atoms with E-state index in [2.05, 4.69) is 33.3 Å². The number of nitrogens with zero attached hydrogens (tertiary/aromatic N) is 4. The number of thiophene rings is 1. The second kappa shape index (κ2) is 7.20. The van der Waals surface area contributed by atoms with Gasteiger partial charge < -0.3 is 4.74 Å². The van der Waals surface area contributed by atoms with Crippen molar-refractivity contribution in [2.45, 2.75) is 13.5 Å². The summed E-state index contributed by atoms with van der Waals surface area (Å²) in [4.78, 5) is 12.2. The summed E-state index contributed by atoms with van der Waals surface area (Å²) in [5, 5.41) is 11.9. The molecule has 0 aliphatic carbocycles. The monoisotopic (exact) mass is 378 g/mol. The first-order chi connectivity index (χ1) is 13.1. The van der Waals surface area contributed by atoms with E-state index in [4.69, 9.17) is 4.74 Å². The van der Waals surface area contributed by atoms with Crippen LogP contribution in [0.25, 0.3) is 16.8 Å². The predicted octanol–water partition coefficient (Wildman–Crippen LogP) is 3.58. The van der Waals surface area contributed by atoms with E-state index in [0.29, 0.717) is 12.3 Å². The molecule has 2 aromatic carbocycles. The van der Waals surface area contributed by atoms with Crippen LogP contribution in [0.1, 0.15) is 11.1 Å². The summed E-state index contributed by atoms with van der Waals surface area (Å²) in [5.41, 5.74) is 4.61. The molecule has 4 aromatic rings. The van der Waals surface area contributed by atoms with Gasteiger partial charge in [-0.25, -0.2) is 4.79 Å². The van der Waals surface area contributed by atoms with Crippen molar-refractivity contribution in [1.29, 1.82) is 0 Å². The minimum absolute atomic E-state index is 0.290. The average molecular weight is 378 g/mol. The van der Waals surface area contributed by atoms with Gasteiger partial charge in [-0.1, -0.05) is 24.3 Å². The molecule has 0 fully saturated rings. The number of rotatable bonds is 5. The van der Waals surface area contributed by atoms with Crippen LogP contribution >= 0.6 is 11.3 Å². The summed E-state index contributed by atoms with van der Waals surface area (Å²) in [6.07, 6.45) is 0. The first-order valence-electron chi connectivity index (χ1n) is 8.47. The Labute approximate surface area is 160 Å². The molecule has 136 valence electrons. The lowest BCUT2D eigenvalue weighted by Gasteiger charge is -2.13. The van der Waals surface area contributed by atoms with Gasteiger partial charge in [0.2, 0.25) is 0 Å². The molecule has 0 radical (unpaired) electrons. The van der Waals surface area contributed by atoms with E-state index in [0.717, 1.165) is 22.4 Å². The first-order valence-corrected chi connectivity index (χ1v) is 9.41. The summed E-state index contributed by atoms with van der Waals surface area (Å²) in [7, 11) is 1.58. The third kappa shape index (κ3) is 3.41. The van der Waals surface area contributed by atoms with Gasteiger partial charge in [0.15, 0.2) is 0 Å². The van der Waals surface area contributed by atoms with E-state index in [1.165, 1.54) is 14.9 Å². The van der Waals surface area contributed by atoms with E-state index in [1.807, 2.05) is 43.3 Å². The van der Waals surface area contributed by atoms with Gasteiger partial charge >= 0.3 is 5.69 Å². The second-order valence-electron chi connectivity index (χ2n) is 6.20. The second-order valence-corrected chi connectivity index (χ2v) is 6.98. The lowest BCUT2D eigenvalue weighted by atomic mass is 10.1. The molecule has 27 heavy (non-hydrogen) atoms. The fourth-order valence-corrected chi connectivity index (χ4v) is 3.55. The van der Waals surface area contributed by atoms with Crippen LogP contribution in [0, 0.1) is 6.92 Å². The van der Waals surface area contributed by atoms with Gasteiger partial charge in [-0.2, -0.15) is 20.7 Å². The van der Waals surface area contributed by atoms with Crippen LogP contribution in [-0.4, -0.2) is 19.8 Å². The molecule has 0 bridgehead atoms. The SMILES string of the molecule is Cc1cccc(-n2nnn(C)c2=O)c1COc1cccc(-c2ccsc2)c1. The lowest BCUT2D eigenvalue weighted by molar-refractivity contribution is 0.305. The van der Waals surface area contributed by atoms with E-state index in [1.54, 1.807) is 18.4 Å². The van der Waals surface area contributed by atoms with Crippen LogP contribution in [0.2, 0.25) is 0 Å². The van der Waals surface area contributed by atoms with Crippen molar-refractivity contribution < 1.29 is 4.74 Å². The van der Waals surface area contributed by atoms with Crippen molar-refractivity contribution in [3.8, 4) is 22.6 Å². The molecule has 0 N–H and O–H groups in total. The molecule has 2 heterocycles. The summed E-state index contributed by atoms with van der Waals surface area (Å²) in [5.74, 6) is 0.777. The molecule has 0 saturated carbocycles. The molecule has 2 aromatic heterocycles. The van der Waals surface area contributed by atoms with Crippen LogP contribution in [0.15, 0.2) is 64.1 Å². The summed E-state index contributed by atoms with van der Waals surface area (Å²) >= 11 is 1.67. The van der Waals surface area contributed by atoms with Gasteiger partial charge in [0, 0.05) is 12.6 Å². The van der Waals surface area contributed by atoms with Crippen molar-refractivity contribution in [2.24, 2.45) is 7.05 Å². The Balaban J connectivity index is 1.63. The third-order valence-electron chi connectivity index (χ3n) is 4.41. The predicted molar refractivity (Wildman–Crippen MR) is 105 cm³/mol. The highest BCUT2D eigenvalue weighted by molar-refractivity contribution is 7.08. The number of aromatic nitrogens is 4. The number of aryl methyl sites for hydroxylation is 2. The molecule has 0 aliphatic rings. The molecule has 0 atom stereocenters. The highest BCUT2D eigenvalue weighted by atomic mass is 32.1. The average Bonchev–Trinajstić information content (AvgIpc) is 3.32. The lowest BCUT2D eigenvalue weighted by Crippen LogP contribution is -2.23. The fourth-order valence-electron chi connectivity index (χ4n) is 2.89. The van der Waals surface area contributed by atoms with Gasteiger partial charge in [-0.15, -0.1) is 0 Å². The van der Waals surface area contributed by atoms with Gasteiger partial charge in [-0.05, 0) is 69.1 Å². The fraction of sp³-hybridized carbons (Fsp3) is 0.150. The maximum Gasteiger partial charge on any atom is 0.368 e. The van der Waals surface area contributed by atoms with Crippen molar-refractivity contribution in [1.82, 2.24) is 19.8 Å². The zero-order valence-corrected chi connectivity index (χ0v) is 15.8. The topological polar surface area (TPSA) is 61.9 Å². The Bertz CT molecular complexity index is 1130. The maximum absolute atomic E-state index is 12.2. The standard InChI is InChI=1S/C20H18N4O2S/c1-14-5-3-8-19(24-20(25)23(2)21-22-24)18(14)12-26-17-7-4-6-15(11-17)16-9-10-27-13-16/h3-11,13H,12H2,1-2H3. The molecule has 0 saturated heterocycles. The Morgan fingerprint density at radius 3 is 2.67 bits per heavy atom. The van der Waals surface area contributed by atoms with Crippen molar-refractivity contribution in [3.63, 3.8) is 0 Å². The maximum atomic E-state index is 12.2. The molecule has 0 unspecified atom stereocenters. The molecule has 0 aliphatic heterocycles. The van der Waals surface area contributed by atoms with Crippen LogP contribution in [0.3, 0.4) is 0 Å². The highest BCUT2D eigenvalue weighted by Gasteiger charge is 2.13. The Morgan fingerprint density at radius 1 is 1.07 bits per heavy atom. The molecule has 0 spiro atoms. The van der Waals surface area contributed by atoms with E-state index < -0.39 is 0 Å². The van der Waals surface area contributed by atoms with Gasteiger partial charge in [-0.3, -0.25) is 0 Å². The van der Waals surface area contributed by atoms with Crippen LogP contribution in [0.4, 0.5) is 0 Å². The zero-order valence-electron chi connectivity index (χ0n) is 15.0. The smallest absolute Gasteiger partial charge is 0.368 e. The summed E-state index contributed by atoms with van der Waals surface area (Å²) < 4.78 is 8.56. The number of benzene rings is 2. The van der Waals surface area contributed by atoms with Crippen molar-refractivity contribution >= 4 is 11.3 Å². The molecular weight excluding hydrogens is 360 g/mol. The van der Waals surface area contributed by atoms with Gasteiger partial charge in [0.1, 0.15) is 12.4 Å². The molecule has 0 amide bonds. The van der Waals surface area contributed by atoms with Crippen LogP contribution in [-0.2, 0) is 13.7 Å². The van der Waals surface area contributed by atoms with Crippen LogP contribution < -0.4 is 10.4 Å². The molecular formula is C20H18N4O2S. The molecule has 6 nitrogen and oxygen atoms in total. The molecule has 7 heteroatoms. The zero-order chi connectivity index (χ0) is 18.8. The van der Waals surface area contributed by atoms with Gasteiger partial charge in [0.25, 0.3) is 0 Å². The molecule has 4 rings (SSSR count). The Morgan fingerprint density at radius 2 is 1.93 bits per heavy atom. The number of tetrazole rings is 1. The minimum Gasteiger partial charge on any atom is -0.489 e. The van der Waals surface area contributed by atoms with E-state index >= 15 is 0 Å². The van der Waals surface area contributed by atoms with E-state index in [9.17, 15) is 4.79 Å². The van der Waals surface area contributed by atoms with E-state index in [-0.39, 0.29) is 5.69 Å². The number of hydrogen-bond acceptors (Lipinski definition) is 5. The van der Waals surface area contributed by atoms with Crippen molar-refractivity contribution in [3.05, 3.63) is 80.9 Å². The Hall–Kier alpha value is -3.19. The minimum atomic E-state index is -0.290.